The Morgan fingerprint density at radius 2 is 1.93 bits per heavy atom. The van der Waals surface area contributed by atoms with Crippen LogP contribution in [0.1, 0.15) is 23.6 Å². The molecule has 6 nitrogen and oxygen atoms in total. The first-order chi connectivity index (χ1) is 12.8. The highest BCUT2D eigenvalue weighted by atomic mass is 127. The number of rotatable bonds is 7. The number of hydrogen-bond acceptors (Lipinski definition) is 4. The first kappa shape index (κ1) is 24.7. The Kier molecular flexibility index (Phi) is 10.3. The van der Waals surface area contributed by atoms with Crippen LogP contribution in [0.3, 0.4) is 0 Å². The van der Waals surface area contributed by atoms with Gasteiger partial charge in [-0.15, -0.1) is 35.7 Å². The quantitative estimate of drug-likeness (QED) is 0.220. The van der Waals surface area contributed by atoms with Gasteiger partial charge in [-0.05, 0) is 55.0 Å². The fourth-order valence-corrected chi connectivity index (χ4v) is 3.80. The van der Waals surface area contributed by atoms with Crippen LogP contribution in [0.4, 0.5) is 0 Å². The van der Waals surface area contributed by atoms with Gasteiger partial charge in [-0.25, -0.2) is 18.5 Å². The summed E-state index contributed by atoms with van der Waals surface area (Å²) in [5.74, 6) is 0.672. The number of hydrogen-bond donors (Lipinski definition) is 3. The summed E-state index contributed by atoms with van der Waals surface area (Å²) in [5, 5.41) is 11.7. The SMILES string of the molecule is CCNC(=NCc1cccc(S(N)(=O)=O)c1)NCc1ccc(C)cc1SC.I. The van der Waals surface area contributed by atoms with Gasteiger partial charge in [0.25, 0.3) is 0 Å². The molecular formula is C19H27IN4O2S2. The third-order valence-corrected chi connectivity index (χ3v) is 5.61. The van der Waals surface area contributed by atoms with E-state index in [4.69, 9.17) is 5.14 Å². The fourth-order valence-electron chi connectivity index (χ4n) is 2.51. The topological polar surface area (TPSA) is 96.6 Å². The summed E-state index contributed by atoms with van der Waals surface area (Å²) in [6, 6.07) is 12.9. The molecule has 0 atom stereocenters. The van der Waals surface area contributed by atoms with Crippen molar-refractivity contribution in [3.63, 3.8) is 0 Å². The molecule has 4 N–H and O–H groups in total. The highest BCUT2D eigenvalue weighted by Crippen LogP contribution is 2.21. The lowest BCUT2D eigenvalue weighted by atomic mass is 10.1. The van der Waals surface area contributed by atoms with Gasteiger partial charge in [-0.2, -0.15) is 0 Å². The number of nitrogens with one attached hydrogen (secondary N) is 2. The van der Waals surface area contributed by atoms with Gasteiger partial charge < -0.3 is 10.6 Å². The van der Waals surface area contributed by atoms with E-state index in [1.165, 1.54) is 22.1 Å². The van der Waals surface area contributed by atoms with Crippen molar-refractivity contribution in [3.8, 4) is 0 Å². The molecule has 0 aliphatic rings. The Bertz CT molecular complexity index is 918. The molecule has 0 aliphatic heterocycles. The van der Waals surface area contributed by atoms with Crippen LogP contribution in [-0.4, -0.2) is 27.2 Å². The lowest BCUT2D eigenvalue weighted by Crippen LogP contribution is -2.36. The maximum absolute atomic E-state index is 11.5. The van der Waals surface area contributed by atoms with Gasteiger partial charge in [0.05, 0.1) is 11.4 Å². The molecule has 0 spiro atoms. The average Bonchev–Trinajstić information content (AvgIpc) is 2.64. The number of nitrogens with two attached hydrogens (primary N) is 1. The van der Waals surface area contributed by atoms with E-state index in [-0.39, 0.29) is 28.9 Å². The van der Waals surface area contributed by atoms with Crippen molar-refractivity contribution in [2.75, 3.05) is 12.8 Å². The van der Waals surface area contributed by atoms with Crippen LogP contribution in [0.5, 0.6) is 0 Å². The molecule has 0 aliphatic carbocycles. The molecule has 0 aromatic heterocycles. The smallest absolute Gasteiger partial charge is 0.238 e. The van der Waals surface area contributed by atoms with Crippen molar-refractivity contribution >= 4 is 51.7 Å². The summed E-state index contributed by atoms with van der Waals surface area (Å²) in [6.45, 7) is 5.81. The summed E-state index contributed by atoms with van der Waals surface area (Å²) in [5.41, 5.74) is 3.22. The first-order valence-corrected chi connectivity index (χ1v) is 11.4. The second-order valence-electron chi connectivity index (χ2n) is 6.06. The average molecular weight is 534 g/mol. The highest BCUT2D eigenvalue weighted by molar-refractivity contribution is 14.0. The lowest BCUT2D eigenvalue weighted by Gasteiger charge is -2.14. The molecule has 154 valence electrons. The van der Waals surface area contributed by atoms with Crippen LogP contribution < -0.4 is 15.8 Å². The van der Waals surface area contributed by atoms with Crippen LogP contribution in [0, 0.1) is 6.92 Å². The largest absolute Gasteiger partial charge is 0.357 e. The van der Waals surface area contributed by atoms with Gasteiger partial charge in [-0.3, -0.25) is 0 Å². The Labute approximate surface area is 188 Å². The molecule has 0 saturated heterocycles. The highest BCUT2D eigenvalue weighted by Gasteiger charge is 2.08. The van der Waals surface area contributed by atoms with Gasteiger partial charge in [0.15, 0.2) is 5.96 Å². The van der Waals surface area contributed by atoms with E-state index in [1.807, 2.05) is 13.0 Å². The Morgan fingerprint density at radius 1 is 1.18 bits per heavy atom. The first-order valence-electron chi connectivity index (χ1n) is 8.61. The molecule has 0 saturated carbocycles. The molecule has 0 amide bonds. The van der Waals surface area contributed by atoms with Crippen molar-refractivity contribution in [2.45, 2.75) is 36.7 Å². The zero-order chi connectivity index (χ0) is 19.9. The minimum Gasteiger partial charge on any atom is -0.357 e. The van der Waals surface area contributed by atoms with E-state index >= 15 is 0 Å². The molecule has 2 aromatic rings. The molecule has 2 aromatic carbocycles. The number of thioether (sulfide) groups is 1. The van der Waals surface area contributed by atoms with Crippen molar-refractivity contribution in [3.05, 3.63) is 59.2 Å². The molecule has 0 unspecified atom stereocenters. The normalized spacial score (nSPS) is 11.6. The van der Waals surface area contributed by atoms with E-state index in [9.17, 15) is 8.42 Å². The molecule has 2 rings (SSSR count). The minimum absolute atomic E-state index is 0. The van der Waals surface area contributed by atoms with Gasteiger partial charge in [0, 0.05) is 18.0 Å². The number of aliphatic imine (C=N–C) groups is 1. The summed E-state index contributed by atoms with van der Waals surface area (Å²) in [7, 11) is -3.71. The number of benzene rings is 2. The standard InChI is InChI=1S/C19H26N4O2S2.HI/c1-4-21-19(23-13-16-9-8-14(2)10-18(16)26-3)22-12-15-6-5-7-17(11-15)27(20,24)25;/h5-11H,4,12-13H2,1-3H3,(H2,20,24,25)(H2,21,22,23);1H. The number of sulfonamides is 1. The van der Waals surface area contributed by atoms with Crippen LogP contribution in [0.15, 0.2) is 57.2 Å². The van der Waals surface area contributed by atoms with Crippen LogP contribution in [0.2, 0.25) is 0 Å². The van der Waals surface area contributed by atoms with Crippen molar-refractivity contribution in [2.24, 2.45) is 10.1 Å². The number of aryl methyl sites for hydroxylation is 1. The number of nitrogens with zero attached hydrogens (tertiary/aromatic N) is 1. The molecule has 0 bridgehead atoms. The second kappa shape index (κ2) is 11.6. The lowest BCUT2D eigenvalue weighted by molar-refractivity contribution is 0.597. The molecular weight excluding hydrogens is 507 g/mol. The third kappa shape index (κ3) is 7.61. The Balaban J connectivity index is 0.00000392. The molecule has 28 heavy (non-hydrogen) atoms. The molecule has 9 heteroatoms. The van der Waals surface area contributed by atoms with Gasteiger partial charge in [0.2, 0.25) is 10.0 Å². The van der Waals surface area contributed by atoms with Crippen molar-refractivity contribution in [1.82, 2.24) is 10.6 Å². The van der Waals surface area contributed by atoms with Crippen molar-refractivity contribution < 1.29 is 8.42 Å². The van der Waals surface area contributed by atoms with E-state index in [0.29, 0.717) is 19.0 Å². The van der Waals surface area contributed by atoms with E-state index in [1.54, 1.807) is 23.9 Å². The predicted molar refractivity (Wildman–Crippen MR) is 128 cm³/mol. The summed E-state index contributed by atoms with van der Waals surface area (Å²) < 4.78 is 23.0. The van der Waals surface area contributed by atoms with Gasteiger partial charge in [0.1, 0.15) is 0 Å². The Morgan fingerprint density at radius 3 is 2.57 bits per heavy atom. The van der Waals surface area contributed by atoms with Crippen LogP contribution in [-0.2, 0) is 23.1 Å². The number of primary sulfonamides is 1. The van der Waals surface area contributed by atoms with Gasteiger partial charge in [-0.1, -0.05) is 24.3 Å². The van der Waals surface area contributed by atoms with Crippen LogP contribution >= 0.6 is 35.7 Å². The second-order valence-corrected chi connectivity index (χ2v) is 8.47. The summed E-state index contributed by atoms with van der Waals surface area (Å²) in [4.78, 5) is 5.88. The minimum atomic E-state index is -3.71. The zero-order valence-electron chi connectivity index (χ0n) is 16.2. The molecule has 0 radical (unpaired) electrons. The number of halogens is 1. The van der Waals surface area contributed by atoms with Crippen molar-refractivity contribution in [1.29, 1.82) is 0 Å². The van der Waals surface area contributed by atoms with E-state index in [2.05, 4.69) is 47.0 Å². The predicted octanol–water partition coefficient (Wildman–Crippen LogP) is 3.24. The maximum atomic E-state index is 11.5. The van der Waals surface area contributed by atoms with E-state index < -0.39 is 10.0 Å². The monoisotopic (exact) mass is 534 g/mol. The molecule has 0 heterocycles. The van der Waals surface area contributed by atoms with E-state index in [0.717, 1.165) is 12.1 Å². The fraction of sp³-hybridized carbons (Fsp3) is 0.316. The van der Waals surface area contributed by atoms with Gasteiger partial charge >= 0.3 is 0 Å². The zero-order valence-corrected chi connectivity index (χ0v) is 20.2. The summed E-state index contributed by atoms with van der Waals surface area (Å²) >= 11 is 1.72. The Hall–Kier alpha value is -1.30. The number of guanidine groups is 1. The molecule has 0 fully saturated rings. The third-order valence-electron chi connectivity index (χ3n) is 3.88. The van der Waals surface area contributed by atoms with Crippen LogP contribution in [0.25, 0.3) is 0 Å². The maximum Gasteiger partial charge on any atom is 0.238 e. The summed E-state index contributed by atoms with van der Waals surface area (Å²) in [6.07, 6.45) is 2.07.